The van der Waals surface area contributed by atoms with Gasteiger partial charge in [0.2, 0.25) is 5.95 Å². The third kappa shape index (κ3) is 2.76. The highest BCUT2D eigenvalue weighted by atomic mass is 15.2. The Morgan fingerprint density at radius 2 is 2.10 bits per heavy atom. The Bertz CT molecular complexity index is 750. The molecule has 3 aromatic rings. The van der Waals surface area contributed by atoms with Crippen LogP contribution in [0.3, 0.4) is 0 Å². The van der Waals surface area contributed by atoms with Gasteiger partial charge in [0.25, 0.3) is 0 Å². The standard InChI is InChI=1S/C14H17N7/c1-3-16-14-19-12(11-8-18-21-13(11)20-14)17-7-10-4-5-15-6-9(10)2/h4-6,8H,3,7H2,1-2H3,(H3,16,17,18,19,20,21). The minimum absolute atomic E-state index is 0.586. The molecule has 0 aliphatic rings. The predicted molar refractivity (Wildman–Crippen MR) is 82.1 cm³/mol. The number of aromatic nitrogens is 5. The van der Waals surface area contributed by atoms with Crippen molar-refractivity contribution in [3.63, 3.8) is 0 Å². The lowest BCUT2D eigenvalue weighted by molar-refractivity contribution is 1.05. The van der Waals surface area contributed by atoms with E-state index in [9.17, 15) is 0 Å². The van der Waals surface area contributed by atoms with Crippen molar-refractivity contribution in [2.45, 2.75) is 20.4 Å². The van der Waals surface area contributed by atoms with Crippen molar-refractivity contribution < 1.29 is 0 Å². The number of aromatic amines is 1. The average Bonchev–Trinajstić information content (AvgIpc) is 2.95. The van der Waals surface area contributed by atoms with Gasteiger partial charge in [-0.05, 0) is 31.0 Å². The average molecular weight is 283 g/mol. The van der Waals surface area contributed by atoms with Crippen LogP contribution in [-0.2, 0) is 6.54 Å². The summed E-state index contributed by atoms with van der Waals surface area (Å²) in [5.74, 6) is 1.35. The highest BCUT2D eigenvalue weighted by molar-refractivity contribution is 5.86. The summed E-state index contributed by atoms with van der Waals surface area (Å²) in [7, 11) is 0. The van der Waals surface area contributed by atoms with Gasteiger partial charge >= 0.3 is 0 Å². The van der Waals surface area contributed by atoms with Crippen molar-refractivity contribution >= 4 is 22.8 Å². The van der Waals surface area contributed by atoms with Gasteiger partial charge in [0.1, 0.15) is 5.82 Å². The first kappa shape index (κ1) is 13.3. The molecule has 0 fully saturated rings. The van der Waals surface area contributed by atoms with E-state index in [1.165, 1.54) is 5.56 Å². The Labute approximate surface area is 122 Å². The van der Waals surface area contributed by atoms with Crippen LogP contribution in [0.5, 0.6) is 0 Å². The maximum Gasteiger partial charge on any atom is 0.226 e. The van der Waals surface area contributed by atoms with Crippen LogP contribution in [0.4, 0.5) is 11.8 Å². The molecular formula is C14H17N7. The van der Waals surface area contributed by atoms with Crippen LogP contribution in [0, 0.1) is 6.92 Å². The molecule has 0 atom stereocenters. The van der Waals surface area contributed by atoms with Gasteiger partial charge in [0, 0.05) is 25.5 Å². The van der Waals surface area contributed by atoms with Gasteiger partial charge in [0.05, 0.1) is 11.6 Å². The van der Waals surface area contributed by atoms with Gasteiger partial charge in [-0.15, -0.1) is 0 Å². The van der Waals surface area contributed by atoms with E-state index in [0.29, 0.717) is 12.5 Å². The molecule has 0 saturated heterocycles. The van der Waals surface area contributed by atoms with Crippen LogP contribution in [0.25, 0.3) is 11.0 Å². The minimum atomic E-state index is 0.586. The van der Waals surface area contributed by atoms with Crippen LogP contribution in [0.2, 0.25) is 0 Å². The number of aryl methyl sites for hydroxylation is 1. The van der Waals surface area contributed by atoms with Crippen molar-refractivity contribution in [1.82, 2.24) is 25.1 Å². The molecule has 0 aliphatic carbocycles. The smallest absolute Gasteiger partial charge is 0.226 e. The SMILES string of the molecule is CCNc1nc(NCc2ccncc2C)c2cn[nH]c2n1. The summed E-state index contributed by atoms with van der Waals surface area (Å²) in [6.45, 7) is 5.50. The van der Waals surface area contributed by atoms with E-state index in [1.54, 1.807) is 12.4 Å². The van der Waals surface area contributed by atoms with Gasteiger partial charge in [0.15, 0.2) is 5.65 Å². The molecule has 0 unspecified atom stereocenters. The molecule has 108 valence electrons. The maximum atomic E-state index is 4.50. The molecule has 0 spiro atoms. The lowest BCUT2D eigenvalue weighted by Crippen LogP contribution is -2.07. The fourth-order valence-corrected chi connectivity index (χ4v) is 2.09. The normalized spacial score (nSPS) is 10.8. The second-order valence-corrected chi connectivity index (χ2v) is 4.71. The highest BCUT2D eigenvalue weighted by Crippen LogP contribution is 2.20. The Balaban J connectivity index is 1.89. The van der Waals surface area contributed by atoms with Crippen LogP contribution in [0.15, 0.2) is 24.7 Å². The molecule has 3 aromatic heterocycles. The molecule has 0 aliphatic heterocycles. The number of anilines is 2. The number of rotatable bonds is 5. The largest absolute Gasteiger partial charge is 0.365 e. The van der Waals surface area contributed by atoms with E-state index in [1.807, 2.05) is 26.1 Å². The van der Waals surface area contributed by atoms with Crippen molar-refractivity contribution in [2.75, 3.05) is 17.2 Å². The second kappa shape index (κ2) is 5.74. The van der Waals surface area contributed by atoms with Crippen LogP contribution >= 0.6 is 0 Å². The van der Waals surface area contributed by atoms with E-state index in [-0.39, 0.29) is 0 Å². The summed E-state index contributed by atoms with van der Waals surface area (Å²) in [6.07, 6.45) is 5.38. The minimum Gasteiger partial charge on any atom is -0.365 e. The quantitative estimate of drug-likeness (QED) is 0.664. The highest BCUT2D eigenvalue weighted by Gasteiger charge is 2.09. The van der Waals surface area contributed by atoms with Crippen molar-refractivity contribution in [3.8, 4) is 0 Å². The number of fused-ring (bicyclic) bond motifs is 1. The summed E-state index contributed by atoms with van der Waals surface area (Å²) in [4.78, 5) is 13.0. The summed E-state index contributed by atoms with van der Waals surface area (Å²) in [5, 5.41) is 14.3. The van der Waals surface area contributed by atoms with E-state index < -0.39 is 0 Å². The van der Waals surface area contributed by atoms with Gasteiger partial charge in [-0.2, -0.15) is 15.1 Å². The number of nitrogens with zero attached hydrogens (tertiary/aromatic N) is 4. The van der Waals surface area contributed by atoms with Gasteiger partial charge in [-0.3, -0.25) is 10.1 Å². The molecule has 0 radical (unpaired) electrons. The molecule has 7 nitrogen and oxygen atoms in total. The number of H-pyrrole nitrogens is 1. The molecular weight excluding hydrogens is 266 g/mol. The fraction of sp³-hybridized carbons (Fsp3) is 0.286. The lowest BCUT2D eigenvalue weighted by Gasteiger charge is -2.10. The van der Waals surface area contributed by atoms with Crippen molar-refractivity contribution in [1.29, 1.82) is 0 Å². The first-order valence-electron chi connectivity index (χ1n) is 6.86. The topological polar surface area (TPSA) is 91.4 Å². The zero-order valence-electron chi connectivity index (χ0n) is 12.0. The van der Waals surface area contributed by atoms with E-state index in [0.717, 1.165) is 29.0 Å². The van der Waals surface area contributed by atoms with Crippen LogP contribution in [-0.4, -0.2) is 31.7 Å². The maximum absolute atomic E-state index is 4.50. The first-order valence-corrected chi connectivity index (χ1v) is 6.86. The van der Waals surface area contributed by atoms with Gasteiger partial charge in [-0.1, -0.05) is 0 Å². The molecule has 7 heteroatoms. The molecule has 3 heterocycles. The monoisotopic (exact) mass is 283 g/mol. The zero-order valence-corrected chi connectivity index (χ0v) is 12.0. The third-order valence-electron chi connectivity index (χ3n) is 3.23. The third-order valence-corrected chi connectivity index (χ3v) is 3.23. The number of hydrogen-bond donors (Lipinski definition) is 3. The number of hydrogen-bond acceptors (Lipinski definition) is 6. The van der Waals surface area contributed by atoms with Crippen molar-refractivity contribution in [3.05, 3.63) is 35.8 Å². The lowest BCUT2D eigenvalue weighted by atomic mass is 10.1. The summed E-state index contributed by atoms with van der Waals surface area (Å²) >= 11 is 0. The molecule has 0 saturated carbocycles. The Hall–Kier alpha value is -2.70. The molecule has 0 aromatic carbocycles. The predicted octanol–water partition coefficient (Wildman–Crippen LogP) is 2.10. The summed E-state index contributed by atoms with van der Waals surface area (Å²) < 4.78 is 0. The molecule has 0 bridgehead atoms. The Kier molecular flexibility index (Phi) is 3.63. The van der Waals surface area contributed by atoms with Crippen molar-refractivity contribution in [2.24, 2.45) is 0 Å². The Morgan fingerprint density at radius 1 is 1.19 bits per heavy atom. The molecule has 3 rings (SSSR count). The van der Waals surface area contributed by atoms with E-state index in [2.05, 4.69) is 35.8 Å². The van der Waals surface area contributed by atoms with E-state index >= 15 is 0 Å². The van der Waals surface area contributed by atoms with Gasteiger partial charge in [-0.25, -0.2) is 0 Å². The summed E-state index contributed by atoms with van der Waals surface area (Å²) in [5.41, 5.74) is 3.05. The molecule has 0 amide bonds. The zero-order chi connectivity index (χ0) is 14.7. The molecule has 3 N–H and O–H groups in total. The number of pyridine rings is 1. The van der Waals surface area contributed by atoms with Gasteiger partial charge < -0.3 is 10.6 Å². The van der Waals surface area contributed by atoms with Crippen LogP contribution < -0.4 is 10.6 Å². The van der Waals surface area contributed by atoms with E-state index in [4.69, 9.17) is 0 Å². The fourth-order valence-electron chi connectivity index (χ4n) is 2.09. The van der Waals surface area contributed by atoms with Crippen LogP contribution in [0.1, 0.15) is 18.1 Å². The molecule has 21 heavy (non-hydrogen) atoms. The summed E-state index contributed by atoms with van der Waals surface area (Å²) in [6, 6.07) is 2.00. The second-order valence-electron chi connectivity index (χ2n) is 4.71. The first-order chi connectivity index (χ1) is 10.3. The Morgan fingerprint density at radius 3 is 2.90 bits per heavy atom. The number of nitrogens with one attached hydrogen (secondary N) is 3.